The average molecular weight is 303 g/mol. The third-order valence-electron chi connectivity index (χ3n) is 3.44. The van der Waals surface area contributed by atoms with E-state index < -0.39 is 6.36 Å². The molecule has 0 aromatic heterocycles. The first-order valence-corrected chi connectivity index (χ1v) is 7.20. The highest BCUT2D eigenvalue weighted by molar-refractivity contribution is 5.47. The fraction of sp³-hybridized carbons (Fsp3) is 0.600. The Bertz CT molecular complexity index is 432. The normalized spacial score (nSPS) is 22.9. The predicted octanol–water partition coefficient (Wildman–Crippen LogP) is 4.34. The van der Waals surface area contributed by atoms with E-state index in [-0.39, 0.29) is 11.9 Å². The molecule has 1 heterocycles. The molecule has 2 rings (SSSR count). The number of rotatable bonds is 5. The molecule has 0 saturated carbocycles. The summed E-state index contributed by atoms with van der Waals surface area (Å²) in [7, 11) is 0. The zero-order valence-electron chi connectivity index (χ0n) is 12.0. The SMILES string of the molecule is CCCC1CC(Nc2ccc(OC(F)(F)F)cc2)CCO1. The molecular formula is C15H20F3NO2. The van der Waals surface area contributed by atoms with Crippen molar-refractivity contribution in [3.05, 3.63) is 24.3 Å². The summed E-state index contributed by atoms with van der Waals surface area (Å²) in [5.74, 6) is -0.205. The molecule has 21 heavy (non-hydrogen) atoms. The fourth-order valence-corrected chi connectivity index (χ4v) is 2.52. The van der Waals surface area contributed by atoms with E-state index in [0.717, 1.165) is 38.0 Å². The lowest BCUT2D eigenvalue weighted by molar-refractivity contribution is -0.274. The minimum absolute atomic E-state index is 0.205. The molecule has 1 aliphatic rings. The first-order valence-electron chi connectivity index (χ1n) is 7.20. The molecule has 0 amide bonds. The minimum atomic E-state index is -4.65. The largest absolute Gasteiger partial charge is 0.573 e. The monoisotopic (exact) mass is 303 g/mol. The van der Waals surface area contributed by atoms with Gasteiger partial charge in [0.15, 0.2) is 0 Å². The van der Waals surface area contributed by atoms with Gasteiger partial charge < -0.3 is 14.8 Å². The second-order valence-corrected chi connectivity index (χ2v) is 5.22. The summed E-state index contributed by atoms with van der Waals surface area (Å²) in [5, 5.41) is 3.34. The van der Waals surface area contributed by atoms with E-state index in [0.29, 0.717) is 6.04 Å². The number of hydrogen-bond acceptors (Lipinski definition) is 3. The van der Waals surface area contributed by atoms with Crippen molar-refractivity contribution < 1.29 is 22.6 Å². The van der Waals surface area contributed by atoms with E-state index >= 15 is 0 Å². The van der Waals surface area contributed by atoms with Gasteiger partial charge in [0.2, 0.25) is 0 Å². The number of hydrogen-bond donors (Lipinski definition) is 1. The summed E-state index contributed by atoms with van der Waals surface area (Å²) >= 11 is 0. The van der Waals surface area contributed by atoms with Crippen molar-refractivity contribution in [2.45, 2.75) is 51.1 Å². The Labute approximate surface area is 122 Å². The van der Waals surface area contributed by atoms with Crippen LogP contribution in [0, 0.1) is 0 Å². The molecule has 1 aliphatic heterocycles. The predicted molar refractivity (Wildman–Crippen MR) is 74.4 cm³/mol. The number of benzene rings is 1. The molecule has 1 saturated heterocycles. The Hall–Kier alpha value is -1.43. The molecule has 0 spiro atoms. The van der Waals surface area contributed by atoms with Crippen LogP contribution in [0.25, 0.3) is 0 Å². The summed E-state index contributed by atoms with van der Waals surface area (Å²) < 4.78 is 45.8. The van der Waals surface area contributed by atoms with Gasteiger partial charge in [-0.25, -0.2) is 0 Å². The Kier molecular flexibility index (Phi) is 5.33. The Morgan fingerprint density at radius 1 is 1.29 bits per heavy atom. The van der Waals surface area contributed by atoms with Gasteiger partial charge in [0.05, 0.1) is 6.10 Å². The molecule has 0 bridgehead atoms. The van der Waals surface area contributed by atoms with Crippen LogP contribution in [0.2, 0.25) is 0 Å². The van der Waals surface area contributed by atoms with Crippen LogP contribution >= 0.6 is 0 Å². The smallest absolute Gasteiger partial charge is 0.406 e. The van der Waals surface area contributed by atoms with E-state index in [9.17, 15) is 13.2 Å². The zero-order valence-corrected chi connectivity index (χ0v) is 12.0. The lowest BCUT2D eigenvalue weighted by atomic mass is 10.00. The van der Waals surface area contributed by atoms with Gasteiger partial charge >= 0.3 is 6.36 Å². The molecule has 2 unspecified atom stereocenters. The molecule has 1 N–H and O–H groups in total. The van der Waals surface area contributed by atoms with Crippen LogP contribution in [-0.4, -0.2) is 25.1 Å². The summed E-state index contributed by atoms with van der Waals surface area (Å²) in [4.78, 5) is 0. The van der Waals surface area contributed by atoms with Crippen molar-refractivity contribution in [1.29, 1.82) is 0 Å². The van der Waals surface area contributed by atoms with Crippen LogP contribution in [0.3, 0.4) is 0 Å². The van der Waals surface area contributed by atoms with Gasteiger partial charge in [-0.05, 0) is 43.5 Å². The maximum Gasteiger partial charge on any atom is 0.573 e. The van der Waals surface area contributed by atoms with E-state index in [1.807, 2.05) is 0 Å². The van der Waals surface area contributed by atoms with Crippen molar-refractivity contribution >= 4 is 5.69 Å². The number of anilines is 1. The molecule has 1 aromatic carbocycles. The fourth-order valence-electron chi connectivity index (χ4n) is 2.52. The van der Waals surface area contributed by atoms with Gasteiger partial charge in [0.25, 0.3) is 0 Å². The van der Waals surface area contributed by atoms with Gasteiger partial charge in [0, 0.05) is 18.3 Å². The molecule has 0 aliphatic carbocycles. The highest BCUT2D eigenvalue weighted by atomic mass is 19.4. The van der Waals surface area contributed by atoms with E-state index in [2.05, 4.69) is 17.0 Å². The number of halogens is 3. The number of ether oxygens (including phenoxy) is 2. The Balaban J connectivity index is 1.88. The summed E-state index contributed by atoms with van der Waals surface area (Å²) in [5.41, 5.74) is 0.798. The van der Waals surface area contributed by atoms with Crippen LogP contribution < -0.4 is 10.1 Å². The van der Waals surface area contributed by atoms with Crippen LogP contribution in [0.15, 0.2) is 24.3 Å². The van der Waals surface area contributed by atoms with Gasteiger partial charge in [-0.2, -0.15) is 0 Å². The lowest BCUT2D eigenvalue weighted by Gasteiger charge is -2.30. The van der Waals surface area contributed by atoms with E-state index in [1.54, 1.807) is 12.1 Å². The Morgan fingerprint density at radius 3 is 2.62 bits per heavy atom. The first kappa shape index (κ1) is 15.9. The molecule has 118 valence electrons. The summed E-state index contributed by atoms with van der Waals surface area (Å²) in [6, 6.07) is 6.14. The standard InChI is InChI=1S/C15H20F3NO2/c1-2-3-14-10-12(8-9-20-14)19-11-4-6-13(7-5-11)21-15(16,17)18/h4-7,12,14,19H,2-3,8-10H2,1H3. The molecule has 0 radical (unpaired) electrons. The van der Waals surface area contributed by atoms with Gasteiger partial charge in [-0.15, -0.1) is 13.2 Å². The maximum atomic E-state index is 12.1. The lowest BCUT2D eigenvalue weighted by Crippen LogP contribution is -2.33. The number of alkyl halides is 3. The van der Waals surface area contributed by atoms with Gasteiger partial charge in [0.1, 0.15) is 5.75 Å². The maximum absolute atomic E-state index is 12.1. The third kappa shape index (κ3) is 5.46. The van der Waals surface area contributed by atoms with Crippen LogP contribution in [-0.2, 0) is 4.74 Å². The summed E-state index contributed by atoms with van der Waals surface area (Å²) in [6.07, 6.45) is -0.426. The highest BCUT2D eigenvalue weighted by Crippen LogP contribution is 2.26. The van der Waals surface area contributed by atoms with Crippen molar-refractivity contribution in [1.82, 2.24) is 0 Å². The van der Waals surface area contributed by atoms with E-state index in [1.165, 1.54) is 12.1 Å². The zero-order chi connectivity index (χ0) is 15.3. The second kappa shape index (κ2) is 7.02. The quantitative estimate of drug-likeness (QED) is 0.877. The molecular weight excluding hydrogens is 283 g/mol. The average Bonchev–Trinajstić information content (AvgIpc) is 2.40. The summed E-state index contributed by atoms with van der Waals surface area (Å²) in [6.45, 7) is 2.84. The van der Waals surface area contributed by atoms with Crippen molar-refractivity contribution in [2.75, 3.05) is 11.9 Å². The van der Waals surface area contributed by atoms with Gasteiger partial charge in [-0.1, -0.05) is 13.3 Å². The number of nitrogens with one attached hydrogen (secondary N) is 1. The van der Waals surface area contributed by atoms with Crippen molar-refractivity contribution in [2.24, 2.45) is 0 Å². The van der Waals surface area contributed by atoms with Gasteiger partial charge in [-0.3, -0.25) is 0 Å². The topological polar surface area (TPSA) is 30.5 Å². The van der Waals surface area contributed by atoms with E-state index in [4.69, 9.17) is 4.74 Å². The Morgan fingerprint density at radius 2 is 2.00 bits per heavy atom. The van der Waals surface area contributed by atoms with Crippen molar-refractivity contribution in [3.63, 3.8) is 0 Å². The minimum Gasteiger partial charge on any atom is -0.406 e. The molecule has 6 heteroatoms. The second-order valence-electron chi connectivity index (χ2n) is 5.22. The molecule has 3 nitrogen and oxygen atoms in total. The highest BCUT2D eigenvalue weighted by Gasteiger charge is 2.31. The third-order valence-corrected chi connectivity index (χ3v) is 3.44. The van der Waals surface area contributed by atoms with Crippen LogP contribution in [0.5, 0.6) is 5.75 Å². The molecule has 1 aromatic rings. The molecule has 1 fully saturated rings. The first-order chi connectivity index (χ1) is 9.96. The van der Waals surface area contributed by atoms with Crippen LogP contribution in [0.1, 0.15) is 32.6 Å². The van der Waals surface area contributed by atoms with Crippen LogP contribution in [0.4, 0.5) is 18.9 Å². The van der Waals surface area contributed by atoms with Crippen molar-refractivity contribution in [3.8, 4) is 5.75 Å². The molecule has 2 atom stereocenters.